The van der Waals surface area contributed by atoms with Gasteiger partial charge >= 0.3 is 23.9 Å². The van der Waals surface area contributed by atoms with Gasteiger partial charge in [0.05, 0.1) is 6.61 Å². The molecule has 1 aliphatic rings. The van der Waals surface area contributed by atoms with E-state index < -0.39 is 85.6 Å². The van der Waals surface area contributed by atoms with Crippen LogP contribution in [0.5, 0.6) is 0 Å². The maximum atomic E-state index is 13.3. The fourth-order valence-corrected chi connectivity index (χ4v) is 6.99. The SMILES string of the molecule is CCCCCCCCCCCCCC(=O)N[C@H]1[C@H](OC[C@H](NC(=O)CCCCCCCCCCCCC)C(=O)O)O[C@H](COC(C)=O)[C@@H](OC(C)=O)[C@@H]1OC(C)=O. The lowest BCUT2D eigenvalue weighted by Gasteiger charge is -2.45. The van der Waals surface area contributed by atoms with Gasteiger partial charge in [-0.2, -0.15) is 0 Å². The summed E-state index contributed by atoms with van der Waals surface area (Å²) >= 11 is 0. The Kier molecular flexibility index (Phi) is 29.7. The molecule has 6 atom stereocenters. The van der Waals surface area contributed by atoms with E-state index in [4.69, 9.17) is 23.7 Å². The van der Waals surface area contributed by atoms with Gasteiger partial charge < -0.3 is 39.4 Å². The smallest absolute Gasteiger partial charge is 0.328 e. The molecule has 0 unspecified atom stereocenters. The Bertz CT molecular complexity index is 1150. The van der Waals surface area contributed by atoms with E-state index in [9.17, 15) is 33.9 Å². The highest BCUT2D eigenvalue weighted by Crippen LogP contribution is 2.28. The minimum absolute atomic E-state index is 0.148. The fraction of sp³-hybridized carbons (Fsp3) is 0.860. The maximum Gasteiger partial charge on any atom is 0.328 e. The van der Waals surface area contributed by atoms with Crippen LogP contribution in [0.1, 0.15) is 189 Å². The summed E-state index contributed by atoms with van der Waals surface area (Å²) in [6.07, 6.45) is 19.5. The van der Waals surface area contributed by atoms with Crippen LogP contribution in [-0.2, 0) is 52.5 Å². The predicted molar refractivity (Wildman–Crippen MR) is 216 cm³/mol. The molecule has 1 heterocycles. The van der Waals surface area contributed by atoms with Gasteiger partial charge in [-0.1, -0.05) is 142 Å². The lowest BCUT2D eigenvalue weighted by atomic mass is 9.95. The number of ether oxygens (including phenoxy) is 5. The van der Waals surface area contributed by atoms with Crippen LogP contribution in [0, 0.1) is 0 Å². The topological polar surface area (TPSA) is 193 Å². The van der Waals surface area contributed by atoms with Gasteiger partial charge in [0.25, 0.3) is 0 Å². The van der Waals surface area contributed by atoms with Gasteiger partial charge in [-0.3, -0.25) is 24.0 Å². The number of carboxylic acid groups (broad SMARTS) is 1. The number of unbranched alkanes of at least 4 members (excludes halogenated alkanes) is 20. The third-order valence-electron chi connectivity index (χ3n) is 10.1. The molecule has 14 nitrogen and oxygen atoms in total. The van der Waals surface area contributed by atoms with Crippen molar-refractivity contribution in [1.29, 1.82) is 0 Å². The molecule has 1 fully saturated rings. The molecule has 1 aliphatic heterocycles. The Labute approximate surface area is 341 Å². The highest BCUT2D eigenvalue weighted by atomic mass is 16.7. The summed E-state index contributed by atoms with van der Waals surface area (Å²) in [6.45, 7) is 6.88. The van der Waals surface area contributed by atoms with Crippen LogP contribution in [0.25, 0.3) is 0 Å². The Balaban J connectivity index is 2.91. The van der Waals surface area contributed by atoms with Gasteiger partial charge in [0.15, 0.2) is 24.5 Å². The molecule has 2 amide bonds. The van der Waals surface area contributed by atoms with E-state index in [1.165, 1.54) is 90.4 Å². The van der Waals surface area contributed by atoms with Crippen molar-refractivity contribution >= 4 is 35.7 Å². The monoisotopic (exact) mass is 813 g/mol. The molecule has 1 saturated heterocycles. The predicted octanol–water partition coefficient (Wildman–Crippen LogP) is 7.61. The average molecular weight is 813 g/mol. The Hall–Kier alpha value is -3.26. The molecule has 330 valence electrons. The van der Waals surface area contributed by atoms with Crippen molar-refractivity contribution in [3.8, 4) is 0 Å². The molecule has 0 radical (unpaired) electrons. The van der Waals surface area contributed by atoms with Gasteiger partial charge in [0.1, 0.15) is 18.8 Å². The van der Waals surface area contributed by atoms with Crippen molar-refractivity contribution in [2.75, 3.05) is 13.2 Å². The van der Waals surface area contributed by atoms with Gasteiger partial charge in [0, 0.05) is 33.6 Å². The van der Waals surface area contributed by atoms with Crippen molar-refractivity contribution in [2.45, 2.75) is 225 Å². The van der Waals surface area contributed by atoms with Crippen LogP contribution in [-0.4, -0.2) is 90.7 Å². The number of rotatable bonds is 34. The molecule has 0 spiro atoms. The summed E-state index contributed by atoms with van der Waals surface area (Å²) in [7, 11) is 0. The third kappa shape index (κ3) is 25.7. The standard InChI is InChI=1S/C43H76N2O12/c1-6-8-10-12-14-16-18-20-22-24-26-28-37(49)44-35(42(51)52)30-54-43-39(45-38(50)29-27-25-23-21-19-17-15-13-11-9-7-2)41(56-34(5)48)40(55-33(4)47)36(57-43)31-53-32(3)46/h35-36,39-41,43H,6-31H2,1-5H3,(H,44,49)(H,45,50)(H,51,52)/t35-,36+,39+,40+,41+,43+/m0/s1. The van der Waals surface area contributed by atoms with E-state index in [-0.39, 0.29) is 12.8 Å². The molecule has 0 aliphatic carbocycles. The Morgan fingerprint density at radius 3 is 1.42 bits per heavy atom. The number of amides is 2. The van der Waals surface area contributed by atoms with Crippen molar-refractivity contribution in [1.82, 2.24) is 10.6 Å². The number of esters is 3. The largest absolute Gasteiger partial charge is 0.480 e. The maximum absolute atomic E-state index is 13.3. The Morgan fingerprint density at radius 2 is 1.00 bits per heavy atom. The minimum atomic E-state index is -1.47. The highest BCUT2D eigenvalue weighted by Gasteiger charge is 2.51. The van der Waals surface area contributed by atoms with Crippen LogP contribution in [0.4, 0.5) is 0 Å². The molecule has 14 heteroatoms. The zero-order valence-corrected chi connectivity index (χ0v) is 35.8. The fourth-order valence-electron chi connectivity index (χ4n) is 6.99. The molecule has 0 aromatic carbocycles. The summed E-state index contributed by atoms with van der Waals surface area (Å²) in [5.74, 6) is -4.35. The number of carbonyl (C=O) groups excluding carboxylic acids is 5. The summed E-state index contributed by atoms with van der Waals surface area (Å²) in [4.78, 5) is 74.6. The second-order valence-electron chi connectivity index (χ2n) is 15.4. The van der Waals surface area contributed by atoms with E-state index in [2.05, 4.69) is 24.5 Å². The summed E-state index contributed by atoms with van der Waals surface area (Å²) < 4.78 is 28.3. The lowest BCUT2D eigenvalue weighted by Crippen LogP contribution is -2.67. The molecular formula is C43H76N2O12. The molecule has 0 aromatic rings. The van der Waals surface area contributed by atoms with Crippen molar-refractivity contribution in [3.05, 3.63) is 0 Å². The second kappa shape index (κ2) is 32.7. The third-order valence-corrected chi connectivity index (χ3v) is 10.1. The molecular weight excluding hydrogens is 736 g/mol. The van der Waals surface area contributed by atoms with Crippen LogP contribution in [0.15, 0.2) is 0 Å². The summed E-state index contributed by atoms with van der Waals surface area (Å²) in [5, 5.41) is 15.3. The number of hydrogen-bond donors (Lipinski definition) is 3. The van der Waals surface area contributed by atoms with E-state index in [0.29, 0.717) is 12.8 Å². The summed E-state index contributed by atoms with van der Waals surface area (Å²) in [6, 6.07) is -2.72. The second-order valence-corrected chi connectivity index (χ2v) is 15.4. The van der Waals surface area contributed by atoms with E-state index >= 15 is 0 Å². The van der Waals surface area contributed by atoms with Gasteiger partial charge in [-0.25, -0.2) is 4.79 Å². The van der Waals surface area contributed by atoms with Gasteiger partial charge in [0.2, 0.25) is 11.8 Å². The molecule has 1 rings (SSSR count). The number of hydrogen-bond acceptors (Lipinski definition) is 11. The molecule has 0 saturated carbocycles. The number of carboxylic acids is 1. The molecule has 3 N–H and O–H groups in total. The molecule has 0 aromatic heterocycles. The first-order valence-electron chi connectivity index (χ1n) is 22.0. The van der Waals surface area contributed by atoms with Crippen LogP contribution in [0.2, 0.25) is 0 Å². The minimum Gasteiger partial charge on any atom is -0.480 e. The normalized spacial score (nSPS) is 19.6. The van der Waals surface area contributed by atoms with Crippen LogP contribution in [0.3, 0.4) is 0 Å². The first-order valence-corrected chi connectivity index (χ1v) is 22.0. The zero-order valence-electron chi connectivity index (χ0n) is 35.8. The number of nitrogens with one attached hydrogen (secondary N) is 2. The highest BCUT2D eigenvalue weighted by molar-refractivity contribution is 5.83. The quantitative estimate of drug-likeness (QED) is 0.0328. The Morgan fingerprint density at radius 1 is 0.579 bits per heavy atom. The first kappa shape index (κ1) is 51.8. The van der Waals surface area contributed by atoms with Crippen molar-refractivity contribution in [3.63, 3.8) is 0 Å². The van der Waals surface area contributed by atoms with Gasteiger partial charge in [-0.15, -0.1) is 0 Å². The van der Waals surface area contributed by atoms with E-state index in [1.807, 2.05) is 0 Å². The first-order chi connectivity index (χ1) is 27.4. The van der Waals surface area contributed by atoms with E-state index in [0.717, 1.165) is 58.8 Å². The van der Waals surface area contributed by atoms with Crippen LogP contribution < -0.4 is 10.6 Å². The molecule has 0 bridgehead atoms. The van der Waals surface area contributed by atoms with Crippen LogP contribution >= 0.6 is 0 Å². The number of aliphatic carboxylic acids is 1. The van der Waals surface area contributed by atoms with Crippen molar-refractivity contribution < 1.29 is 57.6 Å². The van der Waals surface area contributed by atoms with E-state index in [1.54, 1.807) is 0 Å². The van der Waals surface area contributed by atoms with Crippen molar-refractivity contribution in [2.24, 2.45) is 0 Å². The van der Waals surface area contributed by atoms with Gasteiger partial charge in [-0.05, 0) is 12.8 Å². The summed E-state index contributed by atoms with van der Waals surface area (Å²) in [5.41, 5.74) is 0. The average Bonchev–Trinajstić information content (AvgIpc) is 3.15. The number of carbonyl (C=O) groups is 6. The lowest BCUT2D eigenvalue weighted by molar-refractivity contribution is -0.278. The zero-order chi connectivity index (χ0) is 42.3. The molecule has 57 heavy (non-hydrogen) atoms.